The second-order valence-corrected chi connectivity index (χ2v) is 4.31. The molecule has 1 heterocycles. The third-order valence-electron chi connectivity index (χ3n) is 1.88. The molecule has 0 aromatic carbocycles. The normalized spacial score (nSPS) is 24.1. The molecule has 2 N–H and O–H groups in total. The summed E-state index contributed by atoms with van der Waals surface area (Å²) < 4.78 is 5.25. The number of carbonyl (C=O) groups excluding carboxylic acids is 1. The summed E-state index contributed by atoms with van der Waals surface area (Å²) in [4.78, 5) is 11.4. The van der Waals surface area contributed by atoms with Gasteiger partial charge in [-0.1, -0.05) is 0 Å². The summed E-state index contributed by atoms with van der Waals surface area (Å²) in [5.41, 5.74) is -0.340. The van der Waals surface area contributed by atoms with Crippen LogP contribution >= 0.6 is 0 Å². The summed E-state index contributed by atoms with van der Waals surface area (Å²) >= 11 is 0. The third kappa shape index (κ3) is 2.81. The standard InChI is InChI=1S/C9H17NO2/c1-9(2,3)12-8(11)7-5-4-6-10-7/h7,10H,4-6H2,1-3H3/p+1/t7-/m1/s1. The molecule has 12 heavy (non-hydrogen) atoms. The fourth-order valence-corrected chi connectivity index (χ4v) is 1.37. The number of ether oxygens (including phenoxy) is 1. The van der Waals surface area contributed by atoms with E-state index in [0.29, 0.717) is 0 Å². The van der Waals surface area contributed by atoms with Crippen LogP contribution in [-0.4, -0.2) is 24.2 Å². The van der Waals surface area contributed by atoms with Crippen molar-refractivity contribution in [2.45, 2.75) is 45.3 Å². The number of carbonyl (C=O) groups is 1. The first-order valence-corrected chi connectivity index (χ1v) is 4.55. The van der Waals surface area contributed by atoms with Crippen molar-refractivity contribution in [3.8, 4) is 0 Å². The van der Waals surface area contributed by atoms with Gasteiger partial charge in [0.05, 0.1) is 6.54 Å². The molecule has 0 bridgehead atoms. The molecule has 1 aliphatic rings. The van der Waals surface area contributed by atoms with Gasteiger partial charge in [-0.05, 0) is 20.8 Å². The highest BCUT2D eigenvalue weighted by Gasteiger charge is 2.30. The Balaban J connectivity index is 2.37. The lowest BCUT2D eigenvalue weighted by atomic mass is 10.2. The third-order valence-corrected chi connectivity index (χ3v) is 1.88. The summed E-state index contributed by atoms with van der Waals surface area (Å²) in [7, 11) is 0. The van der Waals surface area contributed by atoms with Crippen LogP contribution in [0.4, 0.5) is 0 Å². The molecule has 0 unspecified atom stereocenters. The Hall–Kier alpha value is -0.570. The maximum atomic E-state index is 11.4. The Morgan fingerprint density at radius 1 is 1.50 bits per heavy atom. The van der Waals surface area contributed by atoms with E-state index in [1.54, 1.807) is 0 Å². The molecular weight excluding hydrogens is 154 g/mol. The van der Waals surface area contributed by atoms with Crippen molar-refractivity contribution in [1.82, 2.24) is 0 Å². The van der Waals surface area contributed by atoms with Gasteiger partial charge in [0.1, 0.15) is 5.60 Å². The van der Waals surface area contributed by atoms with Crippen LogP contribution in [-0.2, 0) is 9.53 Å². The molecule has 3 heteroatoms. The number of hydrogen-bond acceptors (Lipinski definition) is 2. The van der Waals surface area contributed by atoms with E-state index in [9.17, 15) is 4.79 Å². The van der Waals surface area contributed by atoms with Crippen LogP contribution in [0.5, 0.6) is 0 Å². The quantitative estimate of drug-likeness (QED) is 0.568. The zero-order valence-corrected chi connectivity index (χ0v) is 8.09. The average molecular weight is 172 g/mol. The predicted octanol–water partition coefficient (Wildman–Crippen LogP) is 0.0539. The first-order chi connectivity index (χ1) is 5.49. The van der Waals surface area contributed by atoms with Crippen LogP contribution in [0.25, 0.3) is 0 Å². The molecule has 1 saturated heterocycles. The molecule has 0 aromatic heterocycles. The van der Waals surface area contributed by atoms with Crippen molar-refractivity contribution >= 4 is 5.97 Å². The molecule has 3 nitrogen and oxygen atoms in total. The van der Waals surface area contributed by atoms with E-state index in [0.717, 1.165) is 19.4 Å². The smallest absolute Gasteiger partial charge is 0.365 e. The first kappa shape index (κ1) is 9.52. The maximum absolute atomic E-state index is 11.4. The molecule has 1 rings (SSSR count). The van der Waals surface area contributed by atoms with Crippen LogP contribution < -0.4 is 5.32 Å². The lowest BCUT2D eigenvalue weighted by Gasteiger charge is -2.20. The van der Waals surface area contributed by atoms with Crippen LogP contribution in [0.1, 0.15) is 33.6 Å². The SMILES string of the molecule is CC(C)(C)OC(=O)[C@H]1CCC[NH2+]1. The molecule has 1 aliphatic heterocycles. The topological polar surface area (TPSA) is 42.9 Å². The van der Waals surface area contributed by atoms with E-state index in [-0.39, 0.29) is 17.6 Å². The van der Waals surface area contributed by atoms with E-state index in [2.05, 4.69) is 5.32 Å². The molecule has 0 amide bonds. The van der Waals surface area contributed by atoms with Gasteiger partial charge in [-0.3, -0.25) is 0 Å². The van der Waals surface area contributed by atoms with Crippen molar-refractivity contribution in [2.75, 3.05) is 6.54 Å². The lowest BCUT2D eigenvalue weighted by Crippen LogP contribution is -2.88. The van der Waals surface area contributed by atoms with Crippen molar-refractivity contribution < 1.29 is 14.8 Å². The van der Waals surface area contributed by atoms with Crippen molar-refractivity contribution in [3.63, 3.8) is 0 Å². The number of nitrogens with two attached hydrogens (primary N) is 1. The molecule has 1 atom stereocenters. The Morgan fingerprint density at radius 2 is 2.17 bits per heavy atom. The second kappa shape index (κ2) is 3.44. The summed E-state index contributed by atoms with van der Waals surface area (Å²) in [6.07, 6.45) is 2.10. The molecule has 0 radical (unpaired) electrons. The van der Waals surface area contributed by atoms with Gasteiger partial charge in [0.15, 0.2) is 6.04 Å². The molecule has 70 valence electrons. The predicted molar refractivity (Wildman–Crippen MR) is 45.7 cm³/mol. The summed E-state index contributed by atoms with van der Waals surface area (Å²) in [6.45, 7) is 6.77. The number of esters is 1. The number of hydrogen-bond donors (Lipinski definition) is 1. The highest BCUT2D eigenvalue weighted by molar-refractivity contribution is 5.74. The highest BCUT2D eigenvalue weighted by atomic mass is 16.6. The highest BCUT2D eigenvalue weighted by Crippen LogP contribution is 2.10. The van der Waals surface area contributed by atoms with Gasteiger partial charge in [0.25, 0.3) is 0 Å². The minimum absolute atomic E-state index is 0.0556. The van der Waals surface area contributed by atoms with E-state index < -0.39 is 0 Å². The monoisotopic (exact) mass is 172 g/mol. The number of quaternary nitrogens is 1. The summed E-state index contributed by atoms with van der Waals surface area (Å²) in [6, 6.07) is 0.0595. The van der Waals surface area contributed by atoms with Crippen LogP contribution in [0.15, 0.2) is 0 Å². The second-order valence-electron chi connectivity index (χ2n) is 4.31. The van der Waals surface area contributed by atoms with Crippen molar-refractivity contribution in [2.24, 2.45) is 0 Å². The number of rotatable bonds is 1. The zero-order chi connectivity index (χ0) is 9.19. The van der Waals surface area contributed by atoms with Gasteiger partial charge in [0.2, 0.25) is 0 Å². The molecule has 0 spiro atoms. The first-order valence-electron chi connectivity index (χ1n) is 4.55. The van der Waals surface area contributed by atoms with Gasteiger partial charge < -0.3 is 10.1 Å². The fraction of sp³-hybridized carbons (Fsp3) is 0.889. The molecule has 0 aliphatic carbocycles. The maximum Gasteiger partial charge on any atom is 0.365 e. The van der Waals surface area contributed by atoms with Gasteiger partial charge in [-0.15, -0.1) is 0 Å². The van der Waals surface area contributed by atoms with E-state index in [1.165, 1.54) is 0 Å². The molecular formula is C9H18NO2+. The fourth-order valence-electron chi connectivity index (χ4n) is 1.37. The van der Waals surface area contributed by atoms with Gasteiger partial charge in [-0.25, -0.2) is 4.79 Å². The van der Waals surface area contributed by atoms with Crippen LogP contribution in [0.3, 0.4) is 0 Å². The molecule has 1 fully saturated rings. The summed E-state index contributed by atoms with van der Waals surface area (Å²) in [5.74, 6) is -0.0556. The van der Waals surface area contributed by atoms with Crippen molar-refractivity contribution in [1.29, 1.82) is 0 Å². The van der Waals surface area contributed by atoms with Crippen LogP contribution in [0.2, 0.25) is 0 Å². The van der Waals surface area contributed by atoms with Crippen LogP contribution in [0, 0.1) is 0 Å². The van der Waals surface area contributed by atoms with E-state index in [4.69, 9.17) is 4.74 Å². The molecule has 0 aromatic rings. The Kier molecular flexibility index (Phi) is 2.73. The minimum atomic E-state index is -0.340. The Labute approximate surface area is 73.5 Å². The summed E-state index contributed by atoms with van der Waals surface area (Å²) in [5, 5.41) is 2.06. The largest absolute Gasteiger partial charge is 0.456 e. The Bertz CT molecular complexity index is 166. The van der Waals surface area contributed by atoms with E-state index >= 15 is 0 Å². The average Bonchev–Trinajstić information content (AvgIpc) is 2.32. The van der Waals surface area contributed by atoms with Gasteiger partial charge >= 0.3 is 5.97 Å². The van der Waals surface area contributed by atoms with E-state index in [1.807, 2.05) is 20.8 Å². The minimum Gasteiger partial charge on any atom is -0.456 e. The van der Waals surface area contributed by atoms with Gasteiger partial charge in [0, 0.05) is 12.8 Å². The Morgan fingerprint density at radius 3 is 2.58 bits per heavy atom. The zero-order valence-electron chi connectivity index (χ0n) is 8.09. The van der Waals surface area contributed by atoms with Crippen molar-refractivity contribution in [3.05, 3.63) is 0 Å². The lowest BCUT2D eigenvalue weighted by molar-refractivity contribution is -0.659. The molecule has 0 saturated carbocycles. The van der Waals surface area contributed by atoms with Gasteiger partial charge in [-0.2, -0.15) is 0 Å².